The van der Waals surface area contributed by atoms with Crippen LogP contribution in [0.3, 0.4) is 0 Å². The molecule has 5 heteroatoms. The SMILES string of the molecule is O=C(CNc1ccc(Br)cc1)Nc1cccc(F)c1. The molecule has 19 heavy (non-hydrogen) atoms. The van der Waals surface area contributed by atoms with E-state index in [9.17, 15) is 9.18 Å². The summed E-state index contributed by atoms with van der Waals surface area (Å²) < 4.78 is 13.9. The van der Waals surface area contributed by atoms with Gasteiger partial charge in [0, 0.05) is 15.8 Å². The van der Waals surface area contributed by atoms with E-state index in [1.165, 1.54) is 12.1 Å². The molecule has 0 aliphatic heterocycles. The molecule has 2 N–H and O–H groups in total. The van der Waals surface area contributed by atoms with Crippen molar-refractivity contribution in [2.75, 3.05) is 17.2 Å². The Hall–Kier alpha value is -1.88. The second-order valence-electron chi connectivity index (χ2n) is 3.92. The van der Waals surface area contributed by atoms with Crippen molar-refractivity contribution in [3.63, 3.8) is 0 Å². The quantitative estimate of drug-likeness (QED) is 0.902. The van der Waals surface area contributed by atoms with Crippen molar-refractivity contribution in [3.05, 3.63) is 58.8 Å². The lowest BCUT2D eigenvalue weighted by atomic mass is 10.3. The predicted octanol–water partition coefficient (Wildman–Crippen LogP) is 3.64. The molecule has 0 bridgehead atoms. The van der Waals surface area contributed by atoms with Crippen molar-refractivity contribution in [3.8, 4) is 0 Å². The van der Waals surface area contributed by atoms with Gasteiger partial charge in [0.2, 0.25) is 5.91 Å². The van der Waals surface area contributed by atoms with E-state index in [1.807, 2.05) is 24.3 Å². The Morgan fingerprint density at radius 3 is 2.53 bits per heavy atom. The maximum atomic E-state index is 12.9. The minimum atomic E-state index is -0.376. The molecule has 2 aromatic rings. The van der Waals surface area contributed by atoms with Crippen LogP contribution in [0.2, 0.25) is 0 Å². The summed E-state index contributed by atoms with van der Waals surface area (Å²) in [5.41, 5.74) is 1.29. The third kappa shape index (κ3) is 4.37. The Kier molecular flexibility index (Phi) is 4.52. The van der Waals surface area contributed by atoms with Gasteiger partial charge >= 0.3 is 0 Å². The normalized spacial score (nSPS) is 10.0. The molecule has 0 aliphatic rings. The number of amides is 1. The zero-order chi connectivity index (χ0) is 13.7. The number of halogens is 2. The molecule has 0 heterocycles. The Bertz CT molecular complexity index is 572. The van der Waals surface area contributed by atoms with E-state index in [0.29, 0.717) is 5.69 Å². The van der Waals surface area contributed by atoms with Gasteiger partial charge in [-0.2, -0.15) is 0 Å². The highest BCUT2D eigenvalue weighted by Gasteiger charge is 2.02. The van der Waals surface area contributed by atoms with Crippen LogP contribution < -0.4 is 10.6 Å². The lowest BCUT2D eigenvalue weighted by molar-refractivity contribution is -0.114. The number of benzene rings is 2. The Labute approximate surface area is 119 Å². The first-order chi connectivity index (χ1) is 9.13. The summed E-state index contributed by atoms with van der Waals surface area (Å²) in [6.45, 7) is 0.123. The molecular formula is C14H12BrFN2O. The molecule has 0 fully saturated rings. The van der Waals surface area contributed by atoms with E-state index in [2.05, 4.69) is 26.6 Å². The average molecular weight is 323 g/mol. The van der Waals surface area contributed by atoms with Gasteiger partial charge in [-0.1, -0.05) is 22.0 Å². The van der Waals surface area contributed by atoms with Crippen LogP contribution in [-0.4, -0.2) is 12.5 Å². The molecule has 0 aliphatic carbocycles. The standard InChI is InChI=1S/C14H12BrFN2O/c15-10-4-6-12(7-5-10)17-9-14(19)18-13-3-1-2-11(16)8-13/h1-8,17H,9H2,(H,18,19). The van der Waals surface area contributed by atoms with E-state index < -0.39 is 0 Å². The molecule has 0 aromatic heterocycles. The van der Waals surface area contributed by atoms with Gasteiger partial charge in [-0.15, -0.1) is 0 Å². The maximum Gasteiger partial charge on any atom is 0.243 e. The zero-order valence-corrected chi connectivity index (χ0v) is 11.6. The van der Waals surface area contributed by atoms with E-state index in [-0.39, 0.29) is 18.3 Å². The molecule has 2 rings (SSSR count). The van der Waals surface area contributed by atoms with Crippen molar-refractivity contribution < 1.29 is 9.18 Å². The first-order valence-corrected chi connectivity index (χ1v) is 6.47. The number of anilines is 2. The largest absolute Gasteiger partial charge is 0.376 e. The Morgan fingerprint density at radius 1 is 1.11 bits per heavy atom. The Morgan fingerprint density at radius 2 is 1.84 bits per heavy atom. The lowest BCUT2D eigenvalue weighted by Crippen LogP contribution is -2.21. The van der Waals surface area contributed by atoms with E-state index in [4.69, 9.17) is 0 Å². The molecule has 0 spiro atoms. The monoisotopic (exact) mass is 322 g/mol. The van der Waals surface area contributed by atoms with Gasteiger partial charge in [0.15, 0.2) is 0 Å². The fraction of sp³-hybridized carbons (Fsp3) is 0.0714. The number of nitrogens with one attached hydrogen (secondary N) is 2. The van der Waals surface area contributed by atoms with Crippen molar-refractivity contribution in [2.24, 2.45) is 0 Å². The smallest absolute Gasteiger partial charge is 0.243 e. The van der Waals surface area contributed by atoms with Gasteiger partial charge < -0.3 is 10.6 Å². The highest BCUT2D eigenvalue weighted by molar-refractivity contribution is 9.10. The van der Waals surface area contributed by atoms with Crippen LogP contribution in [0.4, 0.5) is 15.8 Å². The summed E-state index contributed by atoms with van der Waals surface area (Å²) in [4.78, 5) is 11.7. The molecule has 0 radical (unpaired) electrons. The van der Waals surface area contributed by atoms with Gasteiger partial charge in [-0.25, -0.2) is 4.39 Å². The fourth-order valence-electron chi connectivity index (χ4n) is 1.52. The second-order valence-corrected chi connectivity index (χ2v) is 4.83. The Balaban J connectivity index is 1.86. The number of carbonyl (C=O) groups excluding carboxylic acids is 1. The first-order valence-electron chi connectivity index (χ1n) is 5.68. The highest BCUT2D eigenvalue weighted by Crippen LogP contribution is 2.14. The summed E-state index contributed by atoms with van der Waals surface area (Å²) in [5, 5.41) is 5.59. The molecule has 0 unspecified atom stereocenters. The average Bonchev–Trinajstić information content (AvgIpc) is 2.38. The predicted molar refractivity (Wildman–Crippen MR) is 77.7 cm³/mol. The fourth-order valence-corrected chi connectivity index (χ4v) is 1.79. The van der Waals surface area contributed by atoms with Crippen LogP contribution in [0.5, 0.6) is 0 Å². The summed E-state index contributed by atoms with van der Waals surface area (Å²) in [6.07, 6.45) is 0. The van der Waals surface area contributed by atoms with E-state index >= 15 is 0 Å². The molecule has 98 valence electrons. The molecule has 3 nitrogen and oxygen atoms in total. The van der Waals surface area contributed by atoms with Crippen molar-refractivity contribution in [1.29, 1.82) is 0 Å². The molecule has 1 amide bonds. The van der Waals surface area contributed by atoms with E-state index in [1.54, 1.807) is 12.1 Å². The van der Waals surface area contributed by atoms with E-state index in [0.717, 1.165) is 10.2 Å². The topological polar surface area (TPSA) is 41.1 Å². The van der Waals surface area contributed by atoms with Crippen molar-refractivity contribution in [2.45, 2.75) is 0 Å². The van der Waals surface area contributed by atoms with Gasteiger partial charge in [0.25, 0.3) is 0 Å². The first kappa shape index (κ1) is 13.5. The van der Waals surface area contributed by atoms with Gasteiger partial charge in [0.05, 0.1) is 6.54 Å². The van der Waals surface area contributed by atoms with Crippen LogP contribution in [-0.2, 0) is 4.79 Å². The summed E-state index contributed by atoms with van der Waals surface area (Å²) in [6, 6.07) is 13.3. The van der Waals surface area contributed by atoms with Crippen molar-refractivity contribution >= 4 is 33.2 Å². The molecule has 2 aromatic carbocycles. The van der Waals surface area contributed by atoms with Crippen LogP contribution in [0, 0.1) is 5.82 Å². The van der Waals surface area contributed by atoms with Crippen LogP contribution in [0.1, 0.15) is 0 Å². The second kappa shape index (κ2) is 6.33. The summed E-state index contributed by atoms with van der Waals surface area (Å²) in [5.74, 6) is -0.604. The van der Waals surface area contributed by atoms with Crippen LogP contribution >= 0.6 is 15.9 Å². The number of carbonyl (C=O) groups is 1. The van der Waals surface area contributed by atoms with Gasteiger partial charge in [0.1, 0.15) is 5.82 Å². The molecular weight excluding hydrogens is 311 g/mol. The third-order valence-electron chi connectivity index (χ3n) is 2.41. The summed E-state index contributed by atoms with van der Waals surface area (Å²) >= 11 is 3.33. The minimum absolute atomic E-state index is 0.123. The number of rotatable bonds is 4. The third-order valence-corrected chi connectivity index (χ3v) is 2.93. The van der Waals surface area contributed by atoms with Crippen LogP contribution in [0.25, 0.3) is 0 Å². The van der Waals surface area contributed by atoms with Gasteiger partial charge in [-0.05, 0) is 42.5 Å². The number of hydrogen-bond acceptors (Lipinski definition) is 2. The molecule has 0 saturated heterocycles. The highest BCUT2D eigenvalue weighted by atomic mass is 79.9. The maximum absolute atomic E-state index is 12.9. The number of hydrogen-bond donors (Lipinski definition) is 2. The zero-order valence-electron chi connectivity index (χ0n) is 9.99. The molecule has 0 atom stereocenters. The molecule has 0 saturated carbocycles. The summed E-state index contributed by atoms with van der Waals surface area (Å²) in [7, 11) is 0. The lowest BCUT2D eigenvalue weighted by Gasteiger charge is -2.08. The van der Waals surface area contributed by atoms with Crippen molar-refractivity contribution in [1.82, 2.24) is 0 Å². The van der Waals surface area contributed by atoms with Crippen LogP contribution in [0.15, 0.2) is 53.0 Å². The minimum Gasteiger partial charge on any atom is -0.376 e. The van der Waals surface area contributed by atoms with Gasteiger partial charge in [-0.3, -0.25) is 4.79 Å².